The van der Waals surface area contributed by atoms with E-state index in [4.69, 9.17) is 4.74 Å². The monoisotopic (exact) mass is 426 g/mol. The lowest BCUT2D eigenvalue weighted by Crippen LogP contribution is -2.21. The van der Waals surface area contributed by atoms with Crippen LogP contribution >= 0.6 is 15.9 Å². The van der Waals surface area contributed by atoms with E-state index in [2.05, 4.69) is 20.9 Å². The van der Waals surface area contributed by atoms with E-state index in [0.717, 1.165) is 23.1 Å². The number of halogens is 1. The summed E-state index contributed by atoms with van der Waals surface area (Å²) < 4.78 is 7.68. The topological polar surface area (TPSA) is 78.3 Å². The number of hydrogen-bond acceptors (Lipinski definition) is 5. The molecule has 0 saturated carbocycles. The van der Waals surface area contributed by atoms with Crippen molar-refractivity contribution in [3.63, 3.8) is 0 Å². The van der Waals surface area contributed by atoms with Gasteiger partial charge in [0.05, 0.1) is 16.5 Å². The molecule has 0 spiro atoms. The van der Waals surface area contributed by atoms with Crippen molar-refractivity contribution in [3.8, 4) is 0 Å². The number of ketones is 1. The molecule has 2 heterocycles. The van der Waals surface area contributed by atoms with Crippen molar-refractivity contribution in [2.24, 2.45) is 0 Å². The Bertz CT molecular complexity index is 1120. The van der Waals surface area contributed by atoms with Gasteiger partial charge in [0.15, 0.2) is 12.4 Å². The zero-order valence-corrected chi connectivity index (χ0v) is 15.9. The van der Waals surface area contributed by atoms with E-state index in [9.17, 15) is 14.4 Å². The standard InChI is InChI=1S/C20H15BrN2O4/c21-14-6-3-12(4-7-14)17(24)11-27-20(26)13-5-8-15-16(10-13)22-18-2-1-9-23(18)19(15)25/h3-8,10H,1-2,9,11H2. The second-order valence-electron chi connectivity index (χ2n) is 6.33. The number of nitrogens with zero attached hydrogens (tertiary/aromatic N) is 2. The highest BCUT2D eigenvalue weighted by atomic mass is 79.9. The quantitative estimate of drug-likeness (QED) is 0.472. The number of carbonyl (C=O) groups excluding carboxylic acids is 2. The summed E-state index contributed by atoms with van der Waals surface area (Å²) in [5, 5.41) is 0.475. The van der Waals surface area contributed by atoms with Crippen LogP contribution in [0, 0.1) is 0 Å². The molecule has 0 saturated heterocycles. The molecule has 0 aliphatic carbocycles. The molecule has 136 valence electrons. The Hall–Kier alpha value is -2.80. The van der Waals surface area contributed by atoms with Crippen LogP contribution in [0.4, 0.5) is 0 Å². The van der Waals surface area contributed by atoms with E-state index >= 15 is 0 Å². The molecule has 0 amide bonds. The molecule has 0 atom stereocenters. The molecule has 0 bridgehead atoms. The summed E-state index contributed by atoms with van der Waals surface area (Å²) in [5.41, 5.74) is 1.12. The number of ether oxygens (including phenoxy) is 1. The van der Waals surface area contributed by atoms with Gasteiger partial charge in [0, 0.05) is 23.0 Å². The number of carbonyl (C=O) groups is 2. The first-order valence-corrected chi connectivity index (χ1v) is 9.31. The molecule has 0 radical (unpaired) electrons. The number of benzene rings is 2. The molecule has 27 heavy (non-hydrogen) atoms. The van der Waals surface area contributed by atoms with Crippen molar-refractivity contribution >= 4 is 38.6 Å². The van der Waals surface area contributed by atoms with Crippen LogP contribution in [-0.2, 0) is 17.7 Å². The second-order valence-corrected chi connectivity index (χ2v) is 7.24. The number of esters is 1. The summed E-state index contributed by atoms with van der Waals surface area (Å²) in [6.07, 6.45) is 1.65. The zero-order chi connectivity index (χ0) is 19.0. The van der Waals surface area contributed by atoms with Crippen molar-refractivity contribution in [3.05, 3.63) is 74.2 Å². The van der Waals surface area contributed by atoms with Gasteiger partial charge in [-0.2, -0.15) is 0 Å². The van der Waals surface area contributed by atoms with Crippen molar-refractivity contribution < 1.29 is 14.3 Å². The maximum atomic E-state index is 12.5. The van der Waals surface area contributed by atoms with E-state index in [1.807, 2.05) is 0 Å². The van der Waals surface area contributed by atoms with Gasteiger partial charge in [-0.3, -0.25) is 14.2 Å². The van der Waals surface area contributed by atoms with Crippen molar-refractivity contribution in [2.75, 3.05) is 6.61 Å². The van der Waals surface area contributed by atoms with Gasteiger partial charge in [-0.15, -0.1) is 0 Å². The molecular formula is C20H15BrN2O4. The first kappa shape index (κ1) is 17.6. The smallest absolute Gasteiger partial charge is 0.338 e. The van der Waals surface area contributed by atoms with Crippen LogP contribution in [0.25, 0.3) is 10.9 Å². The molecule has 1 aliphatic rings. The number of aromatic nitrogens is 2. The van der Waals surface area contributed by atoms with Crippen LogP contribution in [0.5, 0.6) is 0 Å². The number of Topliss-reactive ketones (excluding diaryl/α,β-unsaturated/α-hetero) is 1. The predicted octanol–water partition coefficient (Wildman–Crippen LogP) is 3.14. The zero-order valence-electron chi connectivity index (χ0n) is 14.3. The van der Waals surface area contributed by atoms with Gasteiger partial charge in [-0.1, -0.05) is 28.1 Å². The summed E-state index contributed by atoms with van der Waals surface area (Å²) in [5.74, 6) is -0.168. The highest BCUT2D eigenvalue weighted by molar-refractivity contribution is 9.10. The molecule has 1 aromatic heterocycles. The molecule has 6 nitrogen and oxygen atoms in total. The Kier molecular flexibility index (Phi) is 4.61. The molecule has 2 aromatic carbocycles. The van der Waals surface area contributed by atoms with Gasteiger partial charge in [-0.25, -0.2) is 9.78 Å². The van der Waals surface area contributed by atoms with Crippen molar-refractivity contribution in [1.29, 1.82) is 0 Å². The molecule has 7 heteroatoms. The summed E-state index contributed by atoms with van der Waals surface area (Å²) in [7, 11) is 0. The number of rotatable bonds is 4. The lowest BCUT2D eigenvalue weighted by Gasteiger charge is -2.07. The lowest BCUT2D eigenvalue weighted by molar-refractivity contribution is 0.0475. The largest absolute Gasteiger partial charge is 0.454 e. The summed E-state index contributed by atoms with van der Waals surface area (Å²) in [4.78, 5) is 41.4. The maximum absolute atomic E-state index is 12.5. The fourth-order valence-corrected chi connectivity index (χ4v) is 3.41. The van der Waals surface area contributed by atoms with E-state index in [-0.39, 0.29) is 23.5 Å². The summed E-state index contributed by atoms with van der Waals surface area (Å²) >= 11 is 3.30. The van der Waals surface area contributed by atoms with E-state index in [1.165, 1.54) is 6.07 Å². The highest BCUT2D eigenvalue weighted by Crippen LogP contribution is 2.17. The van der Waals surface area contributed by atoms with Crippen LogP contribution in [0.15, 0.2) is 51.7 Å². The minimum absolute atomic E-state index is 0.0853. The average Bonchev–Trinajstić information content (AvgIpc) is 3.15. The number of aryl methyl sites for hydroxylation is 1. The summed E-state index contributed by atoms with van der Waals surface area (Å²) in [6, 6.07) is 11.5. The minimum Gasteiger partial charge on any atom is -0.454 e. The Morgan fingerprint density at radius 3 is 2.63 bits per heavy atom. The van der Waals surface area contributed by atoms with Gasteiger partial charge < -0.3 is 4.74 Å². The van der Waals surface area contributed by atoms with Gasteiger partial charge in [-0.05, 0) is 36.8 Å². The Labute approximate surface area is 162 Å². The predicted molar refractivity (Wildman–Crippen MR) is 103 cm³/mol. The van der Waals surface area contributed by atoms with Crippen LogP contribution in [-0.4, -0.2) is 27.9 Å². The number of fused-ring (bicyclic) bond motifs is 2. The van der Waals surface area contributed by atoms with E-state index in [0.29, 0.717) is 23.0 Å². The van der Waals surface area contributed by atoms with Crippen LogP contribution < -0.4 is 5.56 Å². The maximum Gasteiger partial charge on any atom is 0.338 e. The molecule has 1 aliphatic heterocycles. The fourth-order valence-electron chi connectivity index (χ4n) is 3.14. The highest BCUT2D eigenvalue weighted by Gasteiger charge is 2.18. The normalized spacial score (nSPS) is 12.8. The molecular weight excluding hydrogens is 412 g/mol. The van der Waals surface area contributed by atoms with E-state index < -0.39 is 5.97 Å². The second kappa shape index (κ2) is 7.08. The van der Waals surface area contributed by atoms with Gasteiger partial charge in [0.2, 0.25) is 0 Å². The van der Waals surface area contributed by atoms with Crippen LogP contribution in [0.1, 0.15) is 33.0 Å². The van der Waals surface area contributed by atoms with Crippen molar-refractivity contribution in [2.45, 2.75) is 19.4 Å². The van der Waals surface area contributed by atoms with Gasteiger partial charge in [0.1, 0.15) is 5.82 Å². The number of hydrogen-bond donors (Lipinski definition) is 0. The lowest BCUT2D eigenvalue weighted by atomic mass is 10.1. The first-order chi connectivity index (χ1) is 13.0. The van der Waals surface area contributed by atoms with Gasteiger partial charge in [0.25, 0.3) is 5.56 Å². The third kappa shape index (κ3) is 3.42. The first-order valence-electron chi connectivity index (χ1n) is 8.52. The molecule has 4 rings (SSSR count). The van der Waals surface area contributed by atoms with E-state index in [1.54, 1.807) is 41.0 Å². The molecule has 0 N–H and O–H groups in total. The van der Waals surface area contributed by atoms with Crippen LogP contribution in [0.2, 0.25) is 0 Å². The van der Waals surface area contributed by atoms with Crippen molar-refractivity contribution in [1.82, 2.24) is 9.55 Å². The Balaban J connectivity index is 1.52. The molecule has 0 unspecified atom stereocenters. The molecule has 3 aromatic rings. The van der Waals surface area contributed by atoms with Gasteiger partial charge >= 0.3 is 5.97 Å². The Morgan fingerprint density at radius 2 is 1.85 bits per heavy atom. The SMILES string of the molecule is O=C(COC(=O)c1ccc2c(=O)n3c(nc2c1)CCC3)c1ccc(Br)cc1. The average molecular weight is 427 g/mol. The fraction of sp³-hybridized carbons (Fsp3) is 0.200. The van der Waals surface area contributed by atoms with Crippen LogP contribution in [0.3, 0.4) is 0 Å². The molecule has 0 fully saturated rings. The third-order valence-electron chi connectivity index (χ3n) is 4.55. The summed E-state index contributed by atoms with van der Waals surface area (Å²) in [6.45, 7) is 0.331. The third-order valence-corrected chi connectivity index (χ3v) is 5.08. The Morgan fingerprint density at radius 1 is 1.11 bits per heavy atom. The minimum atomic E-state index is -0.621.